The third kappa shape index (κ3) is 3.45. The smallest absolute Gasteiger partial charge is 0.328 e. The van der Waals surface area contributed by atoms with E-state index in [4.69, 9.17) is 5.11 Å². The van der Waals surface area contributed by atoms with E-state index in [0.717, 1.165) is 11.8 Å². The number of nitrogens with zero attached hydrogens (tertiary/aromatic N) is 1. The van der Waals surface area contributed by atoms with E-state index in [1.54, 1.807) is 0 Å². The van der Waals surface area contributed by atoms with E-state index in [-0.39, 0.29) is 11.5 Å². The lowest BCUT2D eigenvalue weighted by Crippen LogP contribution is -2.31. The quantitative estimate of drug-likeness (QED) is 0.810. The summed E-state index contributed by atoms with van der Waals surface area (Å²) in [4.78, 5) is 24.1. The molecule has 0 bridgehead atoms. The average Bonchev–Trinajstić information content (AvgIpc) is 2.30. The lowest BCUT2D eigenvalue weighted by atomic mass is 10.2. The second kappa shape index (κ2) is 5.84. The van der Waals surface area contributed by atoms with Gasteiger partial charge in [-0.05, 0) is 26.0 Å². The van der Waals surface area contributed by atoms with Crippen molar-refractivity contribution >= 4 is 17.6 Å². The third-order valence-corrected chi connectivity index (χ3v) is 2.31. The number of rotatable bonds is 4. The van der Waals surface area contributed by atoms with E-state index >= 15 is 0 Å². The van der Waals surface area contributed by atoms with Gasteiger partial charge in [-0.25, -0.2) is 4.79 Å². The van der Waals surface area contributed by atoms with Crippen molar-refractivity contribution in [2.75, 3.05) is 11.4 Å². The highest BCUT2D eigenvalue weighted by Gasteiger charge is 2.15. The van der Waals surface area contributed by atoms with Crippen LogP contribution in [0, 0.1) is 0 Å². The van der Waals surface area contributed by atoms with E-state index in [1.165, 1.54) is 11.8 Å². The number of hydrogen-bond donors (Lipinski definition) is 1. The van der Waals surface area contributed by atoms with Crippen LogP contribution in [-0.4, -0.2) is 23.5 Å². The molecular formula is C13H15NO3. The van der Waals surface area contributed by atoms with Crippen molar-refractivity contribution in [3.05, 3.63) is 42.0 Å². The molecule has 1 aromatic rings. The Hall–Kier alpha value is -2.10. The zero-order valence-corrected chi connectivity index (χ0v) is 9.88. The molecule has 0 spiro atoms. The Bertz CT molecular complexity index is 437. The molecule has 1 rings (SSSR count). The molecule has 0 aliphatic rings. The first-order chi connectivity index (χ1) is 8.06. The average molecular weight is 233 g/mol. The van der Waals surface area contributed by atoms with Gasteiger partial charge >= 0.3 is 5.97 Å². The summed E-state index contributed by atoms with van der Waals surface area (Å²) >= 11 is 0. The minimum atomic E-state index is -1.11. The van der Waals surface area contributed by atoms with Gasteiger partial charge < -0.3 is 10.0 Å². The lowest BCUT2D eigenvalue weighted by Gasteiger charge is -2.21. The van der Waals surface area contributed by atoms with Crippen molar-refractivity contribution in [1.29, 1.82) is 0 Å². The van der Waals surface area contributed by atoms with Gasteiger partial charge in [0.25, 0.3) is 5.91 Å². The summed E-state index contributed by atoms with van der Waals surface area (Å²) in [6, 6.07) is 9.16. The summed E-state index contributed by atoms with van der Waals surface area (Å²) in [5, 5.41) is 8.61. The fraction of sp³-hybridized carbons (Fsp3) is 0.231. The Balaban J connectivity index is 2.97. The predicted octanol–water partition coefficient (Wildman–Crippen LogP) is 2.07. The van der Waals surface area contributed by atoms with E-state index in [0.29, 0.717) is 6.54 Å². The van der Waals surface area contributed by atoms with Gasteiger partial charge in [0.15, 0.2) is 0 Å². The first kappa shape index (κ1) is 13.0. The molecular weight excluding hydrogens is 218 g/mol. The van der Waals surface area contributed by atoms with Gasteiger partial charge in [0, 0.05) is 23.9 Å². The van der Waals surface area contributed by atoms with Gasteiger partial charge in [0.2, 0.25) is 0 Å². The molecule has 4 heteroatoms. The van der Waals surface area contributed by atoms with Crippen LogP contribution < -0.4 is 4.90 Å². The molecule has 0 unspecified atom stereocenters. The number of carbonyl (C=O) groups excluding carboxylic acids is 1. The highest BCUT2D eigenvalue weighted by molar-refractivity contribution is 6.07. The van der Waals surface area contributed by atoms with Gasteiger partial charge in [-0.1, -0.05) is 18.2 Å². The molecule has 1 amide bonds. The number of carbonyl (C=O) groups is 2. The van der Waals surface area contributed by atoms with Crippen molar-refractivity contribution in [3.63, 3.8) is 0 Å². The number of anilines is 1. The number of carboxylic acids is 1. The second-order valence-electron chi connectivity index (χ2n) is 3.55. The van der Waals surface area contributed by atoms with Crippen molar-refractivity contribution < 1.29 is 14.7 Å². The zero-order chi connectivity index (χ0) is 12.8. The Morgan fingerprint density at radius 1 is 1.29 bits per heavy atom. The Kier molecular flexibility index (Phi) is 4.46. The van der Waals surface area contributed by atoms with Crippen LogP contribution in [0.2, 0.25) is 0 Å². The highest BCUT2D eigenvalue weighted by atomic mass is 16.4. The maximum Gasteiger partial charge on any atom is 0.328 e. The van der Waals surface area contributed by atoms with E-state index < -0.39 is 5.97 Å². The van der Waals surface area contributed by atoms with Crippen LogP contribution >= 0.6 is 0 Å². The molecule has 0 aliphatic carbocycles. The number of hydrogen-bond acceptors (Lipinski definition) is 2. The van der Waals surface area contributed by atoms with E-state index in [1.807, 2.05) is 37.3 Å². The molecule has 0 saturated carbocycles. The second-order valence-corrected chi connectivity index (χ2v) is 3.55. The van der Waals surface area contributed by atoms with Gasteiger partial charge in [0.05, 0.1) is 0 Å². The van der Waals surface area contributed by atoms with E-state index in [9.17, 15) is 9.59 Å². The van der Waals surface area contributed by atoms with Crippen molar-refractivity contribution in [1.82, 2.24) is 0 Å². The minimum Gasteiger partial charge on any atom is -0.478 e. The molecule has 1 N–H and O–H groups in total. The topological polar surface area (TPSA) is 57.6 Å². The van der Waals surface area contributed by atoms with Crippen molar-refractivity contribution in [2.24, 2.45) is 0 Å². The largest absolute Gasteiger partial charge is 0.478 e. The molecule has 0 saturated heterocycles. The van der Waals surface area contributed by atoms with Crippen LogP contribution in [0.4, 0.5) is 5.69 Å². The van der Waals surface area contributed by atoms with Gasteiger partial charge in [-0.15, -0.1) is 0 Å². The van der Waals surface area contributed by atoms with Gasteiger partial charge in [-0.3, -0.25) is 4.79 Å². The number of aliphatic carboxylic acids is 1. The number of amides is 1. The maximum atomic E-state index is 12.0. The predicted molar refractivity (Wildman–Crippen MR) is 65.9 cm³/mol. The van der Waals surface area contributed by atoms with Crippen molar-refractivity contribution in [3.8, 4) is 0 Å². The number of para-hydroxylation sites is 1. The summed E-state index contributed by atoms with van der Waals surface area (Å²) in [7, 11) is 0. The monoisotopic (exact) mass is 233 g/mol. The fourth-order valence-electron chi connectivity index (χ4n) is 1.51. The SMILES string of the molecule is CCN(C(=O)/C(C)=C/C(=O)O)c1ccccc1. The molecule has 0 aliphatic heterocycles. The number of carboxylic acid groups (broad SMARTS) is 1. The maximum absolute atomic E-state index is 12.0. The van der Waals surface area contributed by atoms with Crippen molar-refractivity contribution in [2.45, 2.75) is 13.8 Å². The molecule has 17 heavy (non-hydrogen) atoms. The van der Waals surface area contributed by atoms with Crippen LogP contribution in [-0.2, 0) is 9.59 Å². The summed E-state index contributed by atoms with van der Waals surface area (Å²) in [5.41, 5.74) is 0.973. The summed E-state index contributed by atoms with van der Waals surface area (Å²) in [6.07, 6.45) is 0.925. The van der Waals surface area contributed by atoms with Crippen LogP contribution in [0.3, 0.4) is 0 Å². The van der Waals surface area contributed by atoms with E-state index in [2.05, 4.69) is 0 Å². The Labute approximate surface area is 100 Å². The molecule has 0 atom stereocenters. The first-order valence-corrected chi connectivity index (χ1v) is 5.34. The van der Waals surface area contributed by atoms with Crippen LogP contribution in [0.15, 0.2) is 42.0 Å². The summed E-state index contributed by atoms with van der Waals surface area (Å²) in [6.45, 7) is 3.84. The standard InChI is InChI=1S/C13H15NO3/c1-3-14(11-7-5-4-6-8-11)13(17)10(2)9-12(15)16/h4-9H,3H2,1-2H3,(H,15,16)/b10-9+. The van der Waals surface area contributed by atoms with Gasteiger partial charge in [-0.2, -0.15) is 0 Å². The van der Waals surface area contributed by atoms with Crippen LogP contribution in [0.1, 0.15) is 13.8 Å². The molecule has 1 aromatic carbocycles. The molecule has 90 valence electrons. The molecule has 4 nitrogen and oxygen atoms in total. The van der Waals surface area contributed by atoms with Gasteiger partial charge in [0.1, 0.15) is 0 Å². The molecule has 0 radical (unpaired) electrons. The third-order valence-electron chi connectivity index (χ3n) is 2.31. The Morgan fingerprint density at radius 2 is 1.88 bits per heavy atom. The normalized spacial score (nSPS) is 11.1. The first-order valence-electron chi connectivity index (χ1n) is 5.34. The molecule has 0 fully saturated rings. The fourth-order valence-corrected chi connectivity index (χ4v) is 1.51. The lowest BCUT2D eigenvalue weighted by molar-refractivity contribution is -0.131. The minimum absolute atomic E-state index is 0.211. The number of benzene rings is 1. The molecule has 0 heterocycles. The van der Waals surface area contributed by atoms with Crippen LogP contribution in [0.25, 0.3) is 0 Å². The highest BCUT2D eigenvalue weighted by Crippen LogP contribution is 2.15. The molecule has 0 aromatic heterocycles. The summed E-state index contributed by atoms with van der Waals surface area (Å²) < 4.78 is 0. The number of likely N-dealkylation sites (N-methyl/N-ethyl adjacent to an activating group) is 1. The Morgan fingerprint density at radius 3 is 2.35 bits per heavy atom. The van der Waals surface area contributed by atoms with Crippen LogP contribution in [0.5, 0.6) is 0 Å². The zero-order valence-electron chi connectivity index (χ0n) is 9.88. The summed E-state index contributed by atoms with van der Waals surface area (Å²) in [5.74, 6) is -1.40.